The Kier molecular flexibility index (Phi) is 115. The van der Waals surface area contributed by atoms with Crippen LogP contribution in [0.3, 0.4) is 0 Å². The molecule has 0 atom stereocenters. The van der Waals surface area contributed by atoms with Crippen molar-refractivity contribution in [3.8, 4) is 0 Å². The van der Waals surface area contributed by atoms with Crippen LogP contribution in [-0.4, -0.2) is 229 Å². The number of esters is 18. The third-order valence-corrected chi connectivity index (χ3v) is 12.7. The third kappa shape index (κ3) is 125. The van der Waals surface area contributed by atoms with Crippen LogP contribution in [0.15, 0.2) is 109 Å². The highest BCUT2D eigenvalue weighted by atomic mass is 16.6. The first-order valence-corrected chi connectivity index (χ1v) is 41.7. The Morgan fingerprint density at radius 1 is 0.159 bits per heavy atom. The number of ether oxygens (including phenoxy) is 18. The highest BCUT2D eigenvalue weighted by molar-refractivity contribution is 5.86. The molecule has 0 heterocycles. The summed E-state index contributed by atoms with van der Waals surface area (Å²) in [5.74, 6) is -5.75. The first-order chi connectivity index (χ1) is 60.3. The van der Waals surface area contributed by atoms with Crippen LogP contribution in [-0.2, 0) is 172 Å². The Bertz CT molecular complexity index is 3190. The molecule has 0 radical (unpaired) electrons. The van der Waals surface area contributed by atoms with Gasteiger partial charge in [0, 0.05) is 112 Å². The van der Waals surface area contributed by atoms with E-state index in [0.717, 1.165) is 38.5 Å². The number of hydrogen-bond acceptors (Lipinski definition) is 36. The molecule has 36 nitrogen and oxygen atoms in total. The van der Waals surface area contributed by atoms with E-state index in [2.05, 4.69) is 47.4 Å². The SMILES string of the molecule is CCCOC(=O)/C=C/CCC(=O)OC.CCCOC(=O)/C=C/CCC(=O)OCC.CCCOC(=O)/C=C/CCC(=O)OCCC.CCCOC(=O)CC/C=C/C(=O)OC.CCCOC(=O)CC/C=C/C(=O)OCC.CCOC(=O)/C=C/CCC(=O)OC.CCOC(=O)/C=C/CCC(=O)OCC.CCOC(=O)CC/C=C/C(=O)OC.COC(=O)/C=C/CCC(=O)OC. The van der Waals surface area contributed by atoms with Gasteiger partial charge in [-0.1, -0.05) is 96.2 Å². The van der Waals surface area contributed by atoms with Crippen molar-refractivity contribution in [3.63, 3.8) is 0 Å². The second-order valence-corrected chi connectivity index (χ2v) is 23.6. The van der Waals surface area contributed by atoms with E-state index < -0.39 is 17.9 Å². The summed E-state index contributed by atoms with van der Waals surface area (Å²) in [4.78, 5) is 194. The summed E-state index contributed by atoms with van der Waals surface area (Å²) in [5, 5.41) is 0. The lowest BCUT2D eigenvalue weighted by Gasteiger charge is -2.00. The molecular formula is C90H144O36. The summed E-state index contributed by atoms with van der Waals surface area (Å²) in [5.41, 5.74) is 0. The molecule has 0 aromatic rings. The van der Waals surface area contributed by atoms with Gasteiger partial charge >= 0.3 is 107 Å². The van der Waals surface area contributed by atoms with E-state index in [0.29, 0.717) is 176 Å². The maximum absolute atomic E-state index is 11.0. The highest BCUT2D eigenvalue weighted by Gasteiger charge is 2.07. The van der Waals surface area contributed by atoms with Gasteiger partial charge in [0.2, 0.25) is 0 Å². The number of hydrogen-bond donors (Lipinski definition) is 0. The molecule has 0 aromatic heterocycles. The molecule has 0 aromatic carbocycles. The largest absolute Gasteiger partial charge is 0.469 e. The lowest BCUT2D eigenvalue weighted by molar-refractivity contribution is -0.144. The Balaban J connectivity index is -0.000000175. The zero-order valence-electron chi connectivity index (χ0n) is 77.5. The minimum Gasteiger partial charge on any atom is -0.469 e. The summed E-state index contributed by atoms with van der Waals surface area (Å²) in [7, 11) is 7.90. The summed E-state index contributed by atoms with van der Waals surface area (Å²) in [6.45, 7) is 27.0. The first kappa shape index (κ1) is 132. The molecular weight excluding hydrogens is 1660 g/mol. The van der Waals surface area contributed by atoms with Crippen LogP contribution in [0.1, 0.15) is 237 Å². The predicted octanol–water partition coefficient (Wildman–Crippen LogP) is 13.0. The summed E-state index contributed by atoms with van der Waals surface area (Å²) in [6, 6.07) is 0. The first-order valence-electron chi connectivity index (χ1n) is 41.7. The molecule has 0 aliphatic heterocycles. The quantitative estimate of drug-likeness (QED) is 0.0310. The lowest BCUT2D eigenvalue weighted by atomic mass is 10.3. The van der Waals surface area contributed by atoms with Gasteiger partial charge in [0.1, 0.15) is 0 Å². The topological polar surface area (TPSA) is 473 Å². The number of rotatable bonds is 54. The number of carbonyl (C=O) groups is 18. The van der Waals surface area contributed by atoms with Crippen LogP contribution < -0.4 is 0 Å². The van der Waals surface area contributed by atoms with Gasteiger partial charge in [-0.15, -0.1) is 0 Å². The van der Waals surface area contributed by atoms with Crippen LogP contribution in [0.2, 0.25) is 0 Å². The average molecular weight is 1800 g/mol. The highest BCUT2D eigenvalue weighted by Crippen LogP contribution is 2.03. The van der Waals surface area contributed by atoms with Crippen LogP contribution in [0.4, 0.5) is 0 Å². The molecule has 0 bridgehead atoms. The fraction of sp³-hybridized carbons (Fsp3) is 0.600. The maximum atomic E-state index is 11.0. The lowest BCUT2D eigenvalue weighted by Crippen LogP contribution is -2.04. The third-order valence-electron chi connectivity index (χ3n) is 12.7. The van der Waals surface area contributed by atoms with E-state index >= 15 is 0 Å². The maximum Gasteiger partial charge on any atom is 0.330 e. The van der Waals surface area contributed by atoms with Gasteiger partial charge in [-0.25, -0.2) is 43.2 Å². The van der Waals surface area contributed by atoms with Gasteiger partial charge in [-0.05, 0) is 138 Å². The van der Waals surface area contributed by atoms with Crippen molar-refractivity contribution in [2.75, 3.05) is 122 Å². The van der Waals surface area contributed by atoms with Gasteiger partial charge in [0.25, 0.3) is 0 Å². The van der Waals surface area contributed by atoms with Gasteiger partial charge in [-0.3, -0.25) is 43.2 Å². The Morgan fingerprint density at radius 3 is 0.437 bits per heavy atom. The van der Waals surface area contributed by atoms with E-state index in [1.54, 1.807) is 96.2 Å². The van der Waals surface area contributed by atoms with Crippen LogP contribution in [0.5, 0.6) is 0 Å². The minimum atomic E-state index is -0.417. The van der Waals surface area contributed by atoms with E-state index in [1.165, 1.54) is 97.3 Å². The molecule has 0 N–H and O–H groups in total. The molecule has 0 amide bonds. The molecule has 0 aliphatic rings. The Labute approximate surface area is 744 Å². The van der Waals surface area contributed by atoms with Crippen molar-refractivity contribution in [1.82, 2.24) is 0 Å². The second-order valence-electron chi connectivity index (χ2n) is 23.6. The Morgan fingerprint density at radius 2 is 0.294 bits per heavy atom. The van der Waals surface area contributed by atoms with Gasteiger partial charge < -0.3 is 85.3 Å². The normalized spacial score (nSPS) is 10.1. The molecule has 0 unspecified atom stereocenters. The van der Waals surface area contributed by atoms with Crippen LogP contribution in [0, 0.1) is 0 Å². The molecule has 0 spiro atoms. The van der Waals surface area contributed by atoms with Crippen molar-refractivity contribution in [1.29, 1.82) is 0 Å². The molecule has 0 rings (SSSR count). The fourth-order valence-corrected chi connectivity index (χ4v) is 6.82. The van der Waals surface area contributed by atoms with Gasteiger partial charge in [0.15, 0.2) is 0 Å². The number of carbonyl (C=O) groups excluding carboxylic acids is 18. The van der Waals surface area contributed by atoms with Crippen LogP contribution >= 0.6 is 0 Å². The zero-order valence-corrected chi connectivity index (χ0v) is 77.5. The van der Waals surface area contributed by atoms with Crippen molar-refractivity contribution in [3.05, 3.63) is 109 Å². The second kappa shape index (κ2) is 109. The molecule has 720 valence electrons. The van der Waals surface area contributed by atoms with Crippen molar-refractivity contribution < 1.29 is 172 Å². The minimum absolute atomic E-state index is 0.228. The monoisotopic (exact) mass is 1800 g/mol. The molecule has 0 fully saturated rings. The van der Waals surface area contributed by atoms with E-state index in [-0.39, 0.29) is 109 Å². The molecule has 36 heteroatoms. The van der Waals surface area contributed by atoms with E-state index in [1.807, 2.05) is 41.5 Å². The van der Waals surface area contributed by atoms with E-state index in [9.17, 15) is 86.3 Å². The summed E-state index contributed by atoms with van der Waals surface area (Å²) < 4.78 is 83.4. The van der Waals surface area contributed by atoms with Crippen molar-refractivity contribution >= 4 is 107 Å². The molecule has 126 heavy (non-hydrogen) atoms. The zero-order chi connectivity index (χ0) is 97.3. The Hall–Kier alpha value is -11.9. The predicted molar refractivity (Wildman–Crippen MR) is 465 cm³/mol. The van der Waals surface area contributed by atoms with Crippen molar-refractivity contribution in [2.24, 2.45) is 0 Å². The molecule has 0 saturated carbocycles. The standard InChI is InChI=1S/C12H20O4.2C11H18O4.3C10H16O4.2C9H14O4.C8H12O4/c1-3-9-15-11(13)7-5-6-8-12(14)16-10-4-2;2*1-3-9-15-11(13)8-6-5-7-10(12)14-4-2;2*1-3-8-14-10(12)7-5-4-6-9(11)13-2;1-3-13-9(11)7-5-6-8-10(12)14-4-2;2*1-3-13-9(11)7-5-4-6-8(10)12-2;1-11-7(9)5-3-4-6-8(10)12-2/h5,7H,3-4,6,8-10H2,1-2H3;6,8H,3-5,7,9H2,1-2H3;5,7H,3-4,6,8-9H2,1-2H3;5,7H,3-4,6,8H2,1-2H3;4,6H,3,5,7-8H2,1-2H3;5,7H,3-4,6,8H2,1-2H3;5,7H,3-4,6H2,1-2H3;4,6H,3,5,7H2,1-2H3;3,5H,4,6H2,1-2H3/b7-5+;8-6+;2*7-5+;6-4+;2*7-5+;6-4+;5-3+. The van der Waals surface area contributed by atoms with Crippen molar-refractivity contribution in [2.45, 2.75) is 237 Å². The average Bonchev–Trinajstić information content (AvgIpc) is 1.07. The smallest absolute Gasteiger partial charge is 0.330 e. The van der Waals surface area contributed by atoms with Gasteiger partial charge in [-0.2, -0.15) is 0 Å². The van der Waals surface area contributed by atoms with Gasteiger partial charge in [0.05, 0.1) is 122 Å². The molecule has 0 saturated heterocycles. The number of methoxy groups -OCH3 is 6. The van der Waals surface area contributed by atoms with Crippen LogP contribution in [0.25, 0.3) is 0 Å². The summed E-state index contributed by atoms with van der Waals surface area (Å²) in [6.07, 6.45) is 38.3. The number of allylic oxidation sites excluding steroid dienone is 9. The van der Waals surface area contributed by atoms with E-state index in [4.69, 9.17) is 37.9 Å². The fourth-order valence-electron chi connectivity index (χ4n) is 6.82. The molecule has 0 aliphatic carbocycles. The summed E-state index contributed by atoms with van der Waals surface area (Å²) >= 11 is 0.